The zero-order chi connectivity index (χ0) is 14.0. The van der Waals surface area contributed by atoms with Gasteiger partial charge in [0.1, 0.15) is 6.67 Å². The SMILES string of the molecule is CCC1Sc2cc(C(C)=O)ccc2N(CCF)C1=O. The minimum absolute atomic E-state index is 0.00890. The van der Waals surface area contributed by atoms with Crippen LogP contribution >= 0.6 is 11.8 Å². The molecular formula is C14H16FNO2S. The average Bonchev–Trinajstić information content (AvgIpc) is 2.41. The molecule has 19 heavy (non-hydrogen) atoms. The molecule has 5 heteroatoms. The minimum Gasteiger partial charge on any atom is -0.308 e. The van der Waals surface area contributed by atoms with E-state index in [1.165, 1.54) is 23.6 Å². The molecule has 0 spiro atoms. The molecule has 1 aromatic rings. The number of amides is 1. The Hall–Kier alpha value is -1.36. The first-order valence-corrected chi connectivity index (χ1v) is 7.15. The topological polar surface area (TPSA) is 37.4 Å². The van der Waals surface area contributed by atoms with Gasteiger partial charge in [0.2, 0.25) is 5.91 Å². The summed E-state index contributed by atoms with van der Waals surface area (Å²) in [6.45, 7) is 2.95. The van der Waals surface area contributed by atoms with Gasteiger partial charge in [-0.25, -0.2) is 4.39 Å². The average molecular weight is 281 g/mol. The number of Topliss-reactive ketones (excluding diaryl/α,β-unsaturated/α-hetero) is 1. The third-order valence-electron chi connectivity index (χ3n) is 3.15. The molecular weight excluding hydrogens is 265 g/mol. The Kier molecular flexibility index (Phi) is 4.24. The number of benzene rings is 1. The second-order valence-electron chi connectivity index (χ2n) is 4.43. The lowest BCUT2D eigenvalue weighted by molar-refractivity contribution is -0.118. The van der Waals surface area contributed by atoms with E-state index in [9.17, 15) is 14.0 Å². The number of rotatable bonds is 4. The van der Waals surface area contributed by atoms with Crippen LogP contribution in [0.1, 0.15) is 30.6 Å². The van der Waals surface area contributed by atoms with Gasteiger partial charge in [-0.2, -0.15) is 0 Å². The van der Waals surface area contributed by atoms with Crippen LogP contribution in [0.25, 0.3) is 0 Å². The molecule has 0 fully saturated rings. The zero-order valence-corrected chi connectivity index (χ0v) is 11.8. The summed E-state index contributed by atoms with van der Waals surface area (Å²) < 4.78 is 12.6. The van der Waals surface area contributed by atoms with Gasteiger partial charge in [-0.1, -0.05) is 6.92 Å². The summed E-state index contributed by atoms with van der Waals surface area (Å²) in [5.74, 6) is -0.0568. The number of alkyl halides is 1. The van der Waals surface area contributed by atoms with Gasteiger partial charge in [-0.3, -0.25) is 9.59 Å². The maximum Gasteiger partial charge on any atom is 0.240 e. The van der Waals surface area contributed by atoms with E-state index in [-0.39, 0.29) is 23.5 Å². The number of halogens is 1. The molecule has 1 unspecified atom stereocenters. The molecule has 0 aromatic heterocycles. The maximum absolute atomic E-state index is 12.6. The van der Waals surface area contributed by atoms with Crippen molar-refractivity contribution in [3.05, 3.63) is 23.8 Å². The third kappa shape index (κ3) is 2.66. The lowest BCUT2D eigenvalue weighted by Gasteiger charge is -2.33. The fourth-order valence-electron chi connectivity index (χ4n) is 2.12. The maximum atomic E-state index is 12.6. The Morgan fingerprint density at radius 3 is 2.79 bits per heavy atom. The Labute approximate surface area is 116 Å². The van der Waals surface area contributed by atoms with Crippen LogP contribution < -0.4 is 4.90 Å². The van der Waals surface area contributed by atoms with Gasteiger partial charge in [0.15, 0.2) is 5.78 Å². The quantitative estimate of drug-likeness (QED) is 0.796. The van der Waals surface area contributed by atoms with Crippen LogP contribution in [0.4, 0.5) is 10.1 Å². The van der Waals surface area contributed by atoms with Crippen molar-refractivity contribution in [2.24, 2.45) is 0 Å². The van der Waals surface area contributed by atoms with Gasteiger partial charge < -0.3 is 4.90 Å². The van der Waals surface area contributed by atoms with Gasteiger partial charge in [0.05, 0.1) is 17.5 Å². The first kappa shape index (κ1) is 14.1. The number of thioether (sulfide) groups is 1. The molecule has 1 heterocycles. The summed E-state index contributed by atoms with van der Waals surface area (Å²) in [5, 5.41) is -0.193. The molecule has 3 nitrogen and oxygen atoms in total. The third-order valence-corrected chi connectivity index (χ3v) is 4.55. The summed E-state index contributed by atoms with van der Waals surface area (Å²) in [4.78, 5) is 26.0. The van der Waals surface area contributed by atoms with E-state index < -0.39 is 6.67 Å². The van der Waals surface area contributed by atoms with E-state index in [4.69, 9.17) is 0 Å². The fraction of sp³-hybridized carbons (Fsp3) is 0.429. The smallest absolute Gasteiger partial charge is 0.240 e. The normalized spacial score (nSPS) is 18.4. The monoisotopic (exact) mass is 281 g/mol. The number of fused-ring (bicyclic) bond motifs is 1. The summed E-state index contributed by atoms with van der Waals surface area (Å²) in [6.07, 6.45) is 0.691. The largest absolute Gasteiger partial charge is 0.308 e. The second-order valence-corrected chi connectivity index (χ2v) is 5.68. The minimum atomic E-state index is -0.569. The Bertz CT molecular complexity index is 518. The molecule has 0 bridgehead atoms. The van der Waals surface area contributed by atoms with E-state index in [0.717, 1.165) is 4.90 Å². The molecule has 1 aliphatic rings. The van der Waals surface area contributed by atoms with Crippen molar-refractivity contribution in [2.75, 3.05) is 18.1 Å². The summed E-state index contributed by atoms with van der Waals surface area (Å²) >= 11 is 1.46. The number of carbonyl (C=O) groups excluding carboxylic acids is 2. The number of hydrogen-bond donors (Lipinski definition) is 0. The van der Waals surface area contributed by atoms with Crippen LogP contribution in [-0.2, 0) is 4.79 Å². The highest BCUT2D eigenvalue weighted by atomic mass is 32.2. The number of nitrogens with zero attached hydrogens (tertiary/aromatic N) is 1. The molecule has 0 N–H and O–H groups in total. The molecule has 0 saturated carbocycles. The molecule has 0 aliphatic carbocycles. The number of ketones is 1. The Morgan fingerprint density at radius 1 is 1.47 bits per heavy atom. The van der Waals surface area contributed by atoms with Crippen molar-refractivity contribution in [3.63, 3.8) is 0 Å². The lowest BCUT2D eigenvalue weighted by atomic mass is 10.1. The summed E-state index contributed by atoms with van der Waals surface area (Å²) in [5.41, 5.74) is 1.33. The standard InChI is InChI=1S/C14H16FNO2S/c1-3-12-14(18)16(7-6-15)11-5-4-10(9(2)17)8-13(11)19-12/h4-5,8,12H,3,6-7H2,1-2H3. The zero-order valence-electron chi connectivity index (χ0n) is 11.0. The first-order chi connectivity index (χ1) is 9.08. The van der Waals surface area contributed by atoms with Crippen molar-refractivity contribution in [1.82, 2.24) is 0 Å². The molecule has 1 aromatic carbocycles. The molecule has 1 atom stereocenters. The predicted molar refractivity (Wildman–Crippen MR) is 74.7 cm³/mol. The number of hydrogen-bond acceptors (Lipinski definition) is 3. The first-order valence-electron chi connectivity index (χ1n) is 6.27. The molecule has 0 radical (unpaired) electrons. The van der Waals surface area contributed by atoms with Crippen molar-refractivity contribution >= 4 is 29.1 Å². The van der Waals surface area contributed by atoms with E-state index in [1.807, 2.05) is 6.92 Å². The molecule has 1 amide bonds. The second kappa shape index (κ2) is 5.74. The van der Waals surface area contributed by atoms with Crippen molar-refractivity contribution < 1.29 is 14.0 Å². The van der Waals surface area contributed by atoms with Gasteiger partial charge in [0, 0.05) is 10.5 Å². The molecule has 102 valence electrons. The van der Waals surface area contributed by atoms with Crippen molar-refractivity contribution in [2.45, 2.75) is 30.4 Å². The van der Waals surface area contributed by atoms with E-state index in [2.05, 4.69) is 0 Å². The fourth-order valence-corrected chi connectivity index (χ4v) is 3.32. The predicted octanol–water partition coefficient (Wildman–Crippen LogP) is 3.08. The van der Waals surface area contributed by atoms with E-state index >= 15 is 0 Å². The van der Waals surface area contributed by atoms with Crippen molar-refractivity contribution in [3.8, 4) is 0 Å². The van der Waals surface area contributed by atoms with Crippen LogP contribution in [0.15, 0.2) is 23.1 Å². The van der Waals surface area contributed by atoms with Crippen LogP contribution in [0.5, 0.6) is 0 Å². The Balaban J connectivity index is 2.45. The van der Waals surface area contributed by atoms with Crippen molar-refractivity contribution in [1.29, 1.82) is 0 Å². The summed E-state index contributed by atoms with van der Waals surface area (Å²) in [7, 11) is 0. The van der Waals surface area contributed by atoms with Crippen LogP contribution in [-0.4, -0.2) is 30.2 Å². The van der Waals surface area contributed by atoms with Gasteiger partial charge in [-0.05, 0) is 31.5 Å². The molecule has 0 saturated heterocycles. The number of anilines is 1. The molecule has 1 aliphatic heterocycles. The van der Waals surface area contributed by atoms with Gasteiger partial charge in [-0.15, -0.1) is 11.8 Å². The molecule has 2 rings (SSSR count). The lowest BCUT2D eigenvalue weighted by Crippen LogP contribution is -2.42. The Morgan fingerprint density at radius 2 is 2.21 bits per heavy atom. The van der Waals surface area contributed by atoms with Gasteiger partial charge >= 0.3 is 0 Å². The van der Waals surface area contributed by atoms with E-state index in [1.54, 1.807) is 18.2 Å². The van der Waals surface area contributed by atoms with Crippen LogP contribution in [0.3, 0.4) is 0 Å². The highest BCUT2D eigenvalue weighted by Crippen LogP contribution is 2.40. The highest BCUT2D eigenvalue weighted by Gasteiger charge is 2.32. The summed E-state index contributed by atoms with van der Waals surface area (Å²) in [6, 6.07) is 5.22. The highest BCUT2D eigenvalue weighted by molar-refractivity contribution is 8.01. The van der Waals surface area contributed by atoms with E-state index in [0.29, 0.717) is 17.7 Å². The van der Waals surface area contributed by atoms with Crippen LogP contribution in [0.2, 0.25) is 0 Å². The van der Waals surface area contributed by atoms with Crippen LogP contribution in [0, 0.1) is 0 Å². The van der Waals surface area contributed by atoms with Gasteiger partial charge in [0.25, 0.3) is 0 Å². The number of carbonyl (C=O) groups is 2.